The van der Waals surface area contributed by atoms with Gasteiger partial charge in [0.2, 0.25) is 0 Å². The van der Waals surface area contributed by atoms with Crippen molar-refractivity contribution >= 4 is 34.4 Å². The molecule has 10 heteroatoms. The van der Waals surface area contributed by atoms with E-state index in [2.05, 4.69) is 30.6 Å². The maximum absolute atomic E-state index is 15.0. The molecule has 0 aliphatic heterocycles. The molecule has 0 radical (unpaired) electrons. The summed E-state index contributed by atoms with van der Waals surface area (Å²) in [6.07, 6.45) is 8.82. The number of primary amides is 1. The molecule has 0 aromatic carbocycles. The van der Waals surface area contributed by atoms with Crippen molar-refractivity contribution in [1.29, 1.82) is 0 Å². The highest BCUT2D eigenvalue weighted by molar-refractivity contribution is 5.98. The van der Waals surface area contributed by atoms with Gasteiger partial charge in [0.05, 0.1) is 17.4 Å². The third-order valence-electron chi connectivity index (χ3n) is 5.74. The molecule has 162 valence electrons. The highest BCUT2D eigenvalue weighted by Crippen LogP contribution is 2.30. The van der Waals surface area contributed by atoms with Crippen LogP contribution in [0.25, 0.3) is 11.2 Å². The van der Waals surface area contributed by atoms with Crippen LogP contribution in [-0.2, 0) is 0 Å². The second-order valence-electron chi connectivity index (χ2n) is 7.66. The SMILES string of the molecule is CNC1CCCCC1N(C)c1nc(Nc2cnc3nccnc3c2)c(C(N)=O)cc1F. The number of pyridine rings is 2. The molecule has 1 amide bonds. The van der Waals surface area contributed by atoms with Gasteiger partial charge in [0.25, 0.3) is 5.91 Å². The molecule has 1 aliphatic carbocycles. The van der Waals surface area contributed by atoms with Crippen molar-refractivity contribution in [2.75, 3.05) is 24.3 Å². The summed E-state index contributed by atoms with van der Waals surface area (Å²) in [5.41, 5.74) is 7.06. The minimum atomic E-state index is -0.776. The summed E-state index contributed by atoms with van der Waals surface area (Å²) in [5, 5.41) is 6.37. The van der Waals surface area contributed by atoms with E-state index in [1.54, 1.807) is 24.7 Å². The number of nitrogens with one attached hydrogen (secondary N) is 2. The van der Waals surface area contributed by atoms with Gasteiger partial charge in [-0.15, -0.1) is 0 Å². The van der Waals surface area contributed by atoms with E-state index in [1.165, 1.54) is 0 Å². The summed E-state index contributed by atoms with van der Waals surface area (Å²) in [7, 11) is 3.74. The number of hydrogen-bond donors (Lipinski definition) is 3. The summed E-state index contributed by atoms with van der Waals surface area (Å²) < 4.78 is 15.0. The molecule has 3 heterocycles. The normalized spacial score (nSPS) is 18.7. The summed E-state index contributed by atoms with van der Waals surface area (Å²) in [4.78, 5) is 30.9. The molecule has 1 saturated carbocycles. The van der Waals surface area contributed by atoms with E-state index in [4.69, 9.17) is 5.73 Å². The van der Waals surface area contributed by atoms with Crippen LogP contribution >= 0.6 is 0 Å². The van der Waals surface area contributed by atoms with E-state index in [9.17, 15) is 9.18 Å². The van der Waals surface area contributed by atoms with E-state index in [0.717, 1.165) is 31.7 Å². The maximum Gasteiger partial charge on any atom is 0.252 e. The average Bonchev–Trinajstić information content (AvgIpc) is 2.79. The summed E-state index contributed by atoms with van der Waals surface area (Å²) >= 11 is 0. The zero-order chi connectivity index (χ0) is 22.0. The van der Waals surface area contributed by atoms with Crippen LogP contribution in [0, 0.1) is 5.82 Å². The summed E-state index contributed by atoms with van der Waals surface area (Å²) in [6.45, 7) is 0. The molecule has 2 atom stereocenters. The first-order chi connectivity index (χ1) is 15.0. The van der Waals surface area contributed by atoms with E-state index in [-0.39, 0.29) is 29.3 Å². The van der Waals surface area contributed by atoms with Crippen LogP contribution < -0.4 is 21.3 Å². The largest absolute Gasteiger partial charge is 0.365 e. The molecule has 3 aromatic heterocycles. The molecular weight excluding hydrogens is 399 g/mol. The molecule has 0 saturated heterocycles. The van der Waals surface area contributed by atoms with Crippen molar-refractivity contribution in [3.8, 4) is 0 Å². The molecule has 0 spiro atoms. The molecular formula is C21H25FN8O. The molecule has 1 aliphatic rings. The number of aromatic nitrogens is 4. The zero-order valence-corrected chi connectivity index (χ0v) is 17.5. The molecule has 9 nitrogen and oxygen atoms in total. The number of nitrogens with two attached hydrogens (primary N) is 1. The van der Waals surface area contributed by atoms with Gasteiger partial charge < -0.3 is 21.3 Å². The van der Waals surface area contributed by atoms with Crippen LogP contribution in [-0.4, -0.2) is 52.0 Å². The lowest BCUT2D eigenvalue weighted by Gasteiger charge is -2.38. The number of fused-ring (bicyclic) bond motifs is 1. The zero-order valence-electron chi connectivity index (χ0n) is 17.5. The Labute approximate surface area is 179 Å². The second-order valence-corrected chi connectivity index (χ2v) is 7.66. The number of likely N-dealkylation sites (N-methyl/N-ethyl adjacent to an activating group) is 2. The Morgan fingerprint density at radius 3 is 2.74 bits per heavy atom. The Kier molecular flexibility index (Phi) is 5.90. The molecule has 1 fully saturated rings. The van der Waals surface area contributed by atoms with Crippen LogP contribution in [0.15, 0.2) is 30.7 Å². The lowest BCUT2D eigenvalue weighted by Crippen LogP contribution is -2.50. The number of hydrogen-bond acceptors (Lipinski definition) is 8. The summed E-state index contributed by atoms with van der Waals surface area (Å²) in [6, 6.07) is 3.18. The van der Waals surface area contributed by atoms with Crippen LogP contribution in [0.3, 0.4) is 0 Å². The molecule has 4 rings (SSSR count). The van der Waals surface area contributed by atoms with Gasteiger partial charge in [0.1, 0.15) is 11.3 Å². The molecule has 0 bridgehead atoms. The second kappa shape index (κ2) is 8.76. The minimum Gasteiger partial charge on any atom is -0.365 e. The Bertz CT molecular complexity index is 1110. The number of rotatable bonds is 6. The van der Waals surface area contributed by atoms with Gasteiger partial charge in [-0.1, -0.05) is 12.8 Å². The smallest absolute Gasteiger partial charge is 0.252 e. The minimum absolute atomic E-state index is 0.0392. The maximum atomic E-state index is 15.0. The number of nitrogens with zero attached hydrogens (tertiary/aromatic N) is 5. The van der Waals surface area contributed by atoms with Gasteiger partial charge in [-0.3, -0.25) is 9.78 Å². The average molecular weight is 424 g/mol. The number of anilines is 3. The van der Waals surface area contributed by atoms with Crippen molar-refractivity contribution in [1.82, 2.24) is 25.3 Å². The molecule has 31 heavy (non-hydrogen) atoms. The Morgan fingerprint density at radius 2 is 1.97 bits per heavy atom. The van der Waals surface area contributed by atoms with Gasteiger partial charge in [0, 0.05) is 31.5 Å². The lowest BCUT2D eigenvalue weighted by molar-refractivity contribution is 0.100. The first-order valence-corrected chi connectivity index (χ1v) is 10.2. The van der Waals surface area contributed by atoms with E-state index in [0.29, 0.717) is 16.9 Å². The summed E-state index contributed by atoms with van der Waals surface area (Å²) in [5.74, 6) is -1.04. The molecule has 3 aromatic rings. The third kappa shape index (κ3) is 4.24. The van der Waals surface area contributed by atoms with Gasteiger partial charge in [-0.25, -0.2) is 19.3 Å². The van der Waals surface area contributed by atoms with Gasteiger partial charge in [0.15, 0.2) is 17.3 Å². The Balaban J connectivity index is 1.71. The van der Waals surface area contributed by atoms with Gasteiger partial charge >= 0.3 is 0 Å². The van der Waals surface area contributed by atoms with E-state index in [1.807, 2.05) is 19.0 Å². The predicted octanol–water partition coefficient (Wildman–Crippen LogP) is 2.37. The highest BCUT2D eigenvalue weighted by Gasteiger charge is 2.30. The highest BCUT2D eigenvalue weighted by atomic mass is 19.1. The lowest BCUT2D eigenvalue weighted by atomic mass is 9.89. The number of carbonyl (C=O) groups excluding carboxylic acids is 1. The van der Waals surface area contributed by atoms with Crippen molar-refractivity contribution < 1.29 is 9.18 Å². The monoisotopic (exact) mass is 424 g/mol. The van der Waals surface area contributed by atoms with Crippen LogP contribution in [0.4, 0.5) is 21.7 Å². The van der Waals surface area contributed by atoms with Gasteiger partial charge in [-0.05, 0) is 32.0 Å². The van der Waals surface area contributed by atoms with Crippen LogP contribution in [0.2, 0.25) is 0 Å². The predicted molar refractivity (Wildman–Crippen MR) is 117 cm³/mol. The van der Waals surface area contributed by atoms with Gasteiger partial charge in [-0.2, -0.15) is 0 Å². The third-order valence-corrected chi connectivity index (χ3v) is 5.74. The standard InChI is InChI=1S/C21H25FN8O/c1-24-15-5-3-4-6-17(15)30(2)21-14(22)10-13(18(23)31)19(29-21)28-12-9-16-20(27-11-12)26-8-7-25-16/h7-11,15,17,24H,3-6H2,1-2H3,(H2,23,31)(H,28,29). The topological polar surface area (TPSA) is 122 Å². The number of halogens is 1. The first-order valence-electron chi connectivity index (χ1n) is 10.2. The Morgan fingerprint density at radius 1 is 1.19 bits per heavy atom. The van der Waals surface area contributed by atoms with Crippen molar-refractivity contribution in [2.45, 2.75) is 37.8 Å². The van der Waals surface area contributed by atoms with Crippen molar-refractivity contribution in [2.24, 2.45) is 5.73 Å². The fourth-order valence-corrected chi connectivity index (χ4v) is 4.14. The first kappa shape index (κ1) is 20.9. The van der Waals surface area contributed by atoms with Crippen molar-refractivity contribution in [3.05, 3.63) is 42.1 Å². The van der Waals surface area contributed by atoms with Crippen molar-refractivity contribution in [3.63, 3.8) is 0 Å². The fraction of sp³-hybridized carbons (Fsp3) is 0.381. The molecule has 2 unspecified atom stereocenters. The Hall–Kier alpha value is -3.40. The number of carbonyl (C=O) groups is 1. The van der Waals surface area contributed by atoms with Crippen LogP contribution in [0.5, 0.6) is 0 Å². The van der Waals surface area contributed by atoms with Crippen LogP contribution in [0.1, 0.15) is 36.0 Å². The van der Waals surface area contributed by atoms with E-state index >= 15 is 0 Å². The quantitative estimate of drug-likeness (QED) is 0.551. The van der Waals surface area contributed by atoms with E-state index < -0.39 is 11.7 Å². The number of amides is 1. The fourth-order valence-electron chi connectivity index (χ4n) is 4.14. The molecule has 4 N–H and O–H groups in total.